The zero-order valence-electron chi connectivity index (χ0n) is 13.1. The van der Waals surface area contributed by atoms with Gasteiger partial charge in [0.25, 0.3) is 0 Å². The molecule has 0 radical (unpaired) electrons. The van der Waals surface area contributed by atoms with E-state index in [1.165, 1.54) is 19.6 Å². The molecule has 0 bridgehead atoms. The molecule has 0 saturated heterocycles. The van der Waals surface area contributed by atoms with Crippen LogP contribution in [0.15, 0.2) is 0 Å². The maximum absolute atomic E-state index is 3.62. The quantitative estimate of drug-likeness (QED) is 0.668. The van der Waals surface area contributed by atoms with Gasteiger partial charge in [-0.05, 0) is 24.7 Å². The van der Waals surface area contributed by atoms with Crippen molar-refractivity contribution in [1.29, 1.82) is 0 Å². The van der Waals surface area contributed by atoms with E-state index in [9.17, 15) is 0 Å². The molecule has 0 fully saturated rings. The van der Waals surface area contributed by atoms with Crippen LogP contribution in [0.2, 0.25) is 0 Å². The lowest BCUT2D eigenvalue weighted by molar-refractivity contribution is 0.215. The summed E-state index contributed by atoms with van der Waals surface area (Å²) in [6, 6.07) is 0.620. The van der Waals surface area contributed by atoms with E-state index in [1.54, 1.807) is 0 Å². The fourth-order valence-corrected chi connectivity index (χ4v) is 1.98. The van der Waals surface area contributed by atoms with Crippen LogP contribution in [-0.2, 0) is 0 Å². The van der Waals surface area contributed by atoms with Gasteiger partial charge in [0.15, 0.2) is 0 Å². The fraction of sp³-hybridized carbons (Fsp3) is 1.00. The van der Waals surface area contributed by atoms with Crippen LogP contribution in [0.25, 0.3) is 0 Å². The van der Waals surface area contributed by atoms with Gasteiger partial charge in [0.05, 0.1) is 0 Å². The molecule has 17 heavy (non-hydrogen) atoms. The van der Waals surface area contributed by atoms with Gasteiger partial charge in [0, 0.05) is 32.2 Å². The van der Waals surface area contributed by atoms with Crippen LogP contribution < -0.4 is 5.32 Å². The predicted molar refractivity (Wildman–Crippen MR) is 78.4 cm³/mol. The summed E-state index contributed by atoms with van der Waals surface area (Å²) in [6.07, 6.45) is 0. The maximum Gasteiger partial charge on any atom is 0.0107 e. The lowest BCUT2D eigenvalue weighted by Gasteiger charge is -2.27. The Kier molecular flexibility index (Phi) is 8.89. The van der Waals surface area contributed by atoms with Crippen molar-refractivity contribution in [3.05, 3.63) is 0 Å². The Morgan fingerprint density at radius 2 is 1.29 bits per heavy atom. The van der Waals surface area contributed by atoms with Gasteiger partial charge in [-0.2, -0.15) is 0 Å². The van der Waals surface area contributed by atoms with Crippen molar-refractivity contribution in [2.24, 2.45) is 17.8 Å². The van der Waals surface area contributed by atoms with Gasteiger partial charge in [-0.25, -0.2) is 0 Å². The highest BCUT2D eigenvalue weighted by Crippen LogP contribution is 2.04. The number of hydrogen-bond donors (Lipinski definition) is 1. The van der Waals surface area contributed by atoms with E-state index >= 15 is 0 Å². The lowest BCUT2D eigenvalue weighted by Crippen LogP contribution is -2.40. The Balaban J connectivity index is 3.90. The van der Waals surface area contributed by atoms with Crippen molar-refractivity contribution >= 4 is 0 Å². The summed E-state index contributed by atoms with van der Waals surface area (Å²) in [5.41, 5.74) is 0. The summed E-state index contributed by atoms with van der Waals surface area (Å²) < 4.78 is 0. The molecule has 0 aliphatic heterocycles. The van der Waals surface area contributed by atoms with Crippen molar-refractivity contribution in [3.63, 3.8) is 0 Å². The van der Waals surface area contributed by atoms with Crippen molar-refractivity contribution in [1.82, 2.24) is 10.2 Å². The molecule has 2 heteroatoms. The zero-order valence-corrected chi connectivity index (χ0v) is 13.1. The van der Waals surface area contributed by atoms with E-state index in [0.717, 1.165) is 24.3 Å². The fourth-order valence-electron chi connectivity index (χ4n) is 1.98. The molecule has 0 aromatic rings. The Hall–Kier alpha value is -0.0800. The second kappa shape index (κ2) is 8.93. The largest absolute Gasteiger partial charge is 0.313 e. The molecular weight excluding hydrogens is 208 g/mol. The average molecular weight is 242 g/mol. The van der Waals surface area contributed by atoms with Gasteiger partial charge in [-0.1, -0.05) is 41.5 Å². The minimum Gasteiger partial charge on any atom is -0.313 e. The van der Waals surface area contributed by atoms with Gasteiger partial charge in [-0.15, -0.1) is 0 Å². The molecule has 0 amide bonds. The highest BCUT2D eigenvalue weighted by atomic mass is 15.1. The summed E-state index contributed by atoms with van der Waals surface area (Å²) in [4.78, 5) is 2.59. The summed E-state index contributed by atoms with van der Waals surface area (Å²) in [5, 5.41) is 3.62. The summed E-state index contributed by atoms with van der Waals surface area (Å²) in [7, 11) is 0. The molecule has 1 unspecified atom stereocenters. The second-order valence-corrected chi connectivity index (χ2v) is 6.53. The van der Waals surface area contributed by atoms with E-state index in [4.69, 9.17) is 0 Å². The summed E-state index contributed by atoms with van der Waals surface area (Å²) >= 11 is 0. The number of nitrogens with zero attached hydrogens (tertiary/aromatic N) is 1. The molecule has 1 N–H and O–H groups in total. The third kappa shape index (κ3) is 9.61. The molecule has 1 atom stereocenters. The van der Waals surface area contributed by atoms with Gasteiger partial charge in [0.1, 0.15) is 0 Å². The first-order valence-electron chi connectivity index (χ1n) is 7.28. The number of hydrogen-bond acceptors (Lipinski definition) is 2. The summed E-state index contributed by atoms with van der Waals surface area (Å²) in [5.74, 6) is 2.24. The van der Waals surface area contributed by atoms with E-state index < -0.39 is 0 Å². The van der Waals surface area contributed by atoms with E-state index in [1.807, 2.05) is 0 Å². The molecule has 0 heterocycles. The monoisotopic (exact) mass is 242 g/mol. The Morgan fingerprint density at radius 3 is 1.65 bits per heavy atom. The Morgan fingerprint density at radius 1 is 0.824 bits per heavy atom. The summed E-state index contributed by atoms with van der Waals surface area (Å²) in [6.45, 7) is 20.8. The van der Waals surface area contributed by atoms with Crippen molar-refractivity contribution < 1.29 is 0 Å². The minimum absolute atomic E-state index is 0.620. The Labute approximate surface area is 109 Å². The molecule has 0 spiro atoms. The average Bonchev–Trinajstić information content (AvgIpc) is 2.14. The van der Waals surface area contributed by atoms with Crippen LogP contribution >= 0.6 is 0 Å². The number of nitrogens with one attached hydrogen (secondary N) is 1. The maximum atomic E-state index is 3.62. The van der Waals surface area contributed by atoms with Gasteiger partial charge < -0.3 is 10.2 Å². The number of rotatable bonds is 9. The normalized spacial score (nSPS) is 14.3. The lowest BCUT2D eigenvalue weighted by atomic mass is 10.1. The molecule has 0 aromatic carbocycles. The van der Waals surface area contributed by atoms with E-state index in [0.29, 0.717) is 6.04 Å². The molecule has 0 aliphatic rings. The van der Waals surface area contributed by atoms with Gasteiger partial charge >= 0.3 is 0 Å². The standard InChI is InChI=1S/C15H34N2/c1-12(2)10-17(11-13(3)4)9-8-16-15(7)14(5)6/h12-16H,8-11H2,1-7H3. The predicted octanol–water partition coefficient (Wildman–Crippen LogP) is 3.23. The van der Waals surface area contributed by atoms with Crippen LogP contribution in [0.5, 0.6) is 0 Å². The molecule has 0 aromatic heterocycles. The third-order valence-electron chi connectivity index (χ3n) is 3.14. The highest BCUT2D eigenvalue weighted by Gasteiger charge is 2.10. The van der Waals surface area contributed by atoms with E-state index in [2.05, 4.69) is 58.7 Å². The third-order valence-corrected chi connectivity index (χ3v) is 3.14. The van der Waals surface area contributed by atoms with Crippen molar-refractivity contribution in [2.45, 2.75) is 54.5 Å². The van der Waals surface area contributed by atoms with Crippen LogP contribution in [0.3, 0.4) is 0 Å². The molecule has 0 rings (SSSR count). The first kappa shape index (κ1) is 16.9. The zero-order chi connectivity index (χ0) is 13.4. The first-order chi connectivity index (χ1) is 7.82. The SMILES string of the molecule is CC(C)CN(CCNC(C)C(C)C)CC(C)C. The smallest absolute Gasteiger partial charge is 0.0107 e. The molecule has 0 saturated carbocycles. The van der Waals surface area contributed by atoms with Crippen LogP contribution in [0.1, 0.15) is 48.5 Å². The van der Waals surface area contributed by atoms with Gasteiger partial charge in [0.2, 0.25) is 0 Å². The van der Waals surface area contributed by atoms with Gasteiger partial charge in [-0.3, -0.25) is 0 Å². The molecule has 104 valence electrons. The molecular formula is C15H34N2. The molecule has 0 aliphatic carbocycles. The van der Waals surface area contributed by atoms with Crippen molar-refractivity contribution in [3.8, 4) is 0 Å². The second-order valence-electron chi connectivity index (χ2n) is 6.53. The molecule has 2 nitrogen and oxygen atoms in total. The Bertz CT molecular complexity index is 166. The topological polar surface area (TPSA) is 15.3 Å². The van der Waals surface area contributed by atoms with E-state index in [-0.39, 0.29) is 0 Å². The first-order valence-corrected chi connectivity index (χ1v) is 7.28. The minimum atomic E-state index is 0.620. The van der Waals surface area contributed by atoms with Crippen LogP contribution in [0, 0.1) is 17.8 Å². The van der Waals surface area contributed by atoms with Crippen molar-refractivity contribution in [2.75, 3.05) is 26.2 Å². The van der Waals surface area contributed by atoms with Crippen LogP contribution in [-0.4, -0.2) is 37.1 Å². The highest BCUT2D eigenvalue weighted by molar-refractivity contribution is 4.68. The van der Waals surface area contributed by atoms with Crippen LogP contribution in [0.4, 0.5) is 0 Å².